The predicted molar refractivity (Wildman–Crippen MR) is 114 cm³/mol. The van der Waals surface area contributed by atoms with Crippen molar-refractivity contribution in [3.63, 3.8) is 0 Å². The molecule has 3 rings (SSSR count). The molecule has 0 bridgehead atoms. The van der Waals surface area contributed by atoms with Crippen molar-refractivity contribution >= 4 is 29.1 Å². The summed E-state index contributed by atoms with van der Waals surface area (Å²) < 4.78 is 5.04. The lowest BCUT2D eigenvalue weighted by Crippen LogP contribution is -2.45. The molecule has 0 N–H and O–H groups in total. The van der Waals surface area contributed by atoms with Gasteiger partial charge in [-0.2, -0.15) is 0 Å². The summed E-state index contributed by atoms with van der Waals surface area (Å²) in [4.78, 5) is 47.9. The summed E-state index contributed by atoms with van der Waals surface area (Å²) in [5.41, 5.74) is 1.68. The van der Waals surface area contributed by atoms with Crippen LogP contribution in [0.15, 0.2) is 53.7 Å². The number of benzene rings is 1. The summed E-state index contributed by atoms with van der Waals surface area (Å²) >= 11 is 0. The SMILES string of the molecule is CC(=O)OCC(C)(C)C(=O)CN1C(=O)[C@H](C)N=C(c2ccccn2)c2ccccc21. The highest BCUT2D eigenvalue weighted by molar-refractivity contribution is 6.20. The molecule has 0 saturated heterocycles. The minimum atomic E-state index is -0.929. The molecule has 0 spiro atoms. The lowest BCUT2D eigenvalue weighted by atomic mass is 9.88. The first-order valence-corrected chi connectivity index (χ1v) is 9.77. The van der Waals surface area contributed by atoms with Gasteiger partial charge in [0.2, 0.25) is 0 Å². The van der Waals surface area contributed by atoms with E-state index in [1.54, 1.807) is 33.0 Å². The molecular formula is C23H25N3O4. The Hall–Kier alpha value is -3.35. The Labute approximate surface area is 175 Å². The Morgan fingerprint density at radius 2 is 1.83 bits per heavy atom. The molecule has 7 nitrogen and oxygen atoms in total. The Bertz CT molecular complexity index is 999. The fourth-order valence-corrected chi connectivity index (χ4v) is 3.16. The molecule has 1 aliphatic heterocycles. The van der Waals surface area contributed by atoms with E-state index in [-0.39, 0.29) is 24.8 Å². The van der Waals surface area contributed by atoms with Gasteiger partial charge in [0.05, 0.1) is 29.1 Å². The van der Waals surface area contributed by atoms with Gasteiger partial charge in [-0.25, -0.2) is 0 Å². The molecule has 156 valence electrons. The zero-order valence-corrected chi connectivity index (χ0v) is 17.6. The number of aromatic nitrogens is 1. The quantitative estimate of drug-likeness (QED) is 0.687. The van der Waals surface area contributed by atoms with E-state index in [9.17, 15) is 14.4 Å². The van der Waals surface area contributed by atoms with Crippen molar-refractivity contribution in [1.29, 1.82) is 0 Å². The molecule has 2 heterocycles. The van der Waals surface area contributed by atoms with Gasteiger partial charge in [-0.15, -0.1) is 0 Å². The highest BCUT2D eigenvalue weighted by atomic mass is 16.5. The molecule has 1 aromatic carbocycles. The van der Waals surface area contributed by atoms with Crippen LogP contribution in [-0.4, -0.2) is 47.5 Å². The normalized spacial score (nSPS) is 16.4. The van der Waals surface area contributed by atoms with Crippen molar-refractivity contribution in [3.05, 3.63) is 59.9 Å². The maximum Gasteiger partial charge on any atom is 0.302 e. The number of rotatable bonds is 6. The summed E-state index contributed by atoms with van der Waals surface area (Å²) in [6.07, 6.45) is 1.68. The second-order valence-electron chi connectivity index (χ2n) is 7.90. The molecule has 1 amide bonds. The van der Waals surface area contributed by atoms with Crippen LogP contribution >= 0.6 is 0 Å². The first-order chi connectivity index (χ1) is 14.2. The molecule has 0 fully saturated rings. The second kappa shape index (κ2) is 8.57. The van der Waals surface area contributed by atoms with Crippen LogP contribution in [0.3, 0.4) is 0 Å². The molecule has 1 aromatic heterocycles. The summed E-state index contributed by atoms with van der Waals surface area (Å²) in [6.45, 7) is 6.22. The molecular weight excluding hydrogens is 382 g/mol. The molecule has 2 aromatic rings. The third kappa shape index (κ3) is 4.45. The summed E-state index contributed by atoms with van der Waals surface area (Å²) in [5.74, 6) is -0.931. The van der Waals surface area contributed by atoms with Gasteiger partial charge in [0, 0.05) is 18.7 Å². The zero-order valence-electron chi connectivity index (χ0n) is 17.6. The third-order valence-corrected chi connectivity index (χ3v) is 5.00. The van der Waals surface area contributed by atoms with Crippen LogP contribution in [0.5, 0.6) is 0 Å². The van der Waals surface area contributed by atoms with Gasteiger partial charge in [0.25, 0.3) is 5.91 Å². The van der Waals surface area contributed by atoms with E-state index in [4.69, 9.17) is 4.74 Å². The van der Waals surface area contributed by atoms with Crippen LogP contribution in [0.1, 0.15) is 39.0 Å². The number of hydrogen-bond donors (Lipinski definition) is 0. The minimum absolute atomic E-state index is 0.0456. The van der Waals surface area contributed by atoms with Gasteiger partial charge in [-0.1, -0.05) is 24.3 Å². The highest BCUT2D eigenvalue weighted by Gasteiger charge is 2.35. The number of ketones is 1. The minimum Gasteiger partial charge on any atom is -0.465 e. The van der Waals surface area contributed by atoms with Crippen molar-refractivity contribution in [2.24, 2.45) is 10.4 Å². The molecule has 1 atom stereocenters. The van der Waals surface area contributed by atoms with Gasteiger partial charge in [0.15, 0.2) is 5.78 Å². The number of hydrogen-bond acceptors (Lipinski definition) is 6. The fourth-order valence-electron chi connectivity index (χ4n) is 3.16. The number of amides is 1. The fraction of sp³-hybridized carbons (Fsp3) is 0.348. The van der Waals surface area contributed by atoms with E-state index >= 15 is 0 Å². The van der Waals surface area contributed by atoms with Crippen molar-refractivity contribution in [3.8, 4) is 0 Å². The lowest BCUT2D eigenvalue weighted by Gasteiger charge is -2.28. The number of anilines is 1. The van der Waals surface area contributed by atoms with E-state index < -0.39 is 17.4 Å². The molecule has 7 heteroatoms. The number of aliphatic imine (C=N–C) groups is 1. The number of carbonyl (C=O) groups is 3. The number of para-hydroxylation sites is 1. The van der Waals surface area contributed by atoms with Crippen LogP contribution < -0.4 is 4.90 Å². The van der Waals surface area contributed by atoms with E-state index in [1.165, 1.54) is 11.8 Å². The Morgan fingerprint density at radius 1 is 1.13 bits per heavy atom. The monoisotopic (exact) mass is 407 g/mol. The Morgan fingerprint density at radius 3 is 2.50 bits per heavy atom. The van der Waals surface area contributed by atoms with Gasteiger partial charge in [0.1, 0.15) is 12.6 Å². The topological polar surface area (TPSA) is 88.9 Å². The van der Waals surface area contributed by atoms with E-state index in [2.05, 4.69) is 9.98 Å². The number of carbonyl (C=O) groups excluding carboxylic acids is 3. The highest BCUT2D eigenvalue weighted by Crippen LogP contribution is 2.29. The largest absolute Gasteiger partial charge is 0.465 e. The van der Waals surface area contributed by atoms with Crippen molar-refractivity contribution in [2.75, 3.05) is 18.1 Å². The number of ether oxygens (including phenoxy) is 1. The van der Waals surface area contributed by atoms with Crippen molar-refractivity contribution in [1.82, 2.24) is 4.98 Å². The molecule has 0 saturated carbocycles. The average Bonchev–Trinajstić information content (AvgIpc) is 2.83. The van der Waals surface area contributed by atoms with Crippen molar-refractivity contribution < 1.29 is 19.1 Å². The Kier molecular flexibility index (Phi) is 6.10. The van der Waals surface area contributed by atoms with Gasteiger partial charge in [-0.3, -0.25) is 24.4 Å². The Balaban J connectivity index is 1.99. The summed E-state index contributed by atoms with van der Waals surface area (Å²) in [5, 5.41) is 0. The number of Topliss-reactive ketones (excluding diaryl/α,β-unsaturated/α-hetero) is 1. The maximum atomic E-state index is 13.2. The second-order valence-corrected chi connectivity index (χ2v) is 7.90. The molecule has 0 unspecified atom stereocenters. The third-order valence-electron chi connectivity index (χ3n) is 5.00. The van der Waals surface area contributed by atoms with Gasteiger partial charge < -0.3 is 9.64 Å². The molecule has 0 aliphatic carbocycles. The molecule has 0 radical (unpaired) electrons. The zero-order chi connectivity index (χ0) is 21.9. The number of benzodiazepines with no additional fused rings is 1. The number of fused-ring (bicyclic) bond motifs is 1. The average molecular weight is 407 g/mol. The van der Waals surface area contributed by atoms with Crippen LogP contribution in [0.25, 0.3) is 0 Å². The molecule has 30 heavy (non-hydrogen) atoms. The number of esters is 1. The first-order valence-electron chi connectivity index (χ1n) is 9.77. The van der Waals surface area contributed by atoms with Gasteiger partial charge in [-0.05, 0) is 39.0 Å². The predicted octanol–water partition coefficient (Wildman–Crippen LogP) is 2.81. The van der Waals surface area contributed by atoms with Crippen molar-refractivity contribution in [2.45, 2.75) is 33.7 Å². The van der Waals surface area contributed by atoms with Crippen LogP contribution in [0.4, 0.5) is 5.69 Å². The smallest absolute Gasteiger partial charge is 0.302 e. The maximum absolute atomic E-state index is 13.2. The lowest BCUT2D eigenvalue weighted by molar-refractivity contribution is -0.146. The molecule has 1 aliphatic rings. The van der Waals surface area contributed by atoms with E-state index in [0.29, 0.717) is 17.1 Å². The van der Waals surface area contributed by atoms with Crippen LogP contribution in [0.2, 0.25) is 0 Å². The summed E-state index contributed by atoms with van der Waals surface area (Å²) in [6, 6.07) is 12.2. The first kappa shape index (κ1) is 21.4. The van der Waals surface area contributed by atoms with E-state index in [0.717, 1.165) is 5.56 Å². The van der Waals surface area contributed by atoms with Crippen LogP contribution in [-0.2, 0) is 19.1 Å². The number of pyridine rings is 1. The van der Waals surface area contributed by atoms with E-state index in [1.807, 2.05) is 36.4 Å². The standard InChI is InChI=1S/C23H25N3O4/c1-15-22(29)26(13-20(28)23(3,4)14-30-16(2)27)19-11-6-5-9-17(19)21(25-15)18-10-7-8-12-24-18/h5-12,15H,13-14H2,1-4H3/t15-/m0/s1. The summed E-state index contributed by atoms with van der Waals surface area (Å²) in [7, 11) is 0. The number of nitrogens with zero attached hydrogens (tertiary/aromatic N) is 3. The van der Waals surface area contributed by atoms with Crippen LogP contribution in [0, 0.1) is 5.41 Å². The van der Waals surface area contributed by atoms with Gasteiger partial charge >= 0.3 is 5.97 Å².